The maximum atomic E-state index is 12.2. The number of benzene rings is 1. The van der Waals surface area contributed by atoms with Crippen LogP contribution in [-0.4, -0.2) is 24.9 Å². The van der Waals surface area contributed by atoms with Gasteiger partial charge in [-0.2, -0.15) is 0 Å². The number of sulfonamides is 1. The molecule has 0 saturated carbocycles. The van der Waals surface area contributed by atoms with E-state index >= 15 is 0 Å². The normalized spacial score (nSPS) is 11.6. The van der Waals surface area contributed by atoms with E-state index in [1.54, 1.807) is 36.7 Å². The van der Waals surface area contributed by atoms with Crippen LogP contribution in [0.15, 0.2) is 54.2 Å². The van der Waals surface area contributed by atoms with E-state index in [-0.39, 0.29) is 5.75 Å². The van der Waals surface area contributed by atoms with Gasteiger partial charge in [0, 0.05) is 41.3 Å². The van der Waals surface area contributed by atoms with Crippen LogP contribution >= 0.6 is 22.9 Å². The molecule has 0 spiro atoms. The van der Waals surface area contributed by atoms with Gasteiger partial charge in [-0.15, -0.1) is 11.3 Å². The first-order valence-electron chi connectivity index (χ1n) is 7.59. The summed E-state index contributed by atoms with van der Waals surface area (Å²) in [5, 5.41) is 3.26. The highest BCUT2D eigenvalue weighted by atomic mass is 35.5. The summed E-state index contributed by atoms with van der Waals surface area (Å²) >= 11 is 7.53. The van der Waals surface area contributed by atoms with E-state index in [0.29, 0.717) is 23.6 Å². The third-order valence-corrected chi connectivity index (χ3v) is 6.11. The maximum absolute atomic E-state index is 12.2. The summed E-state index contributed by atoms with van der Waals surface area (Å²) in [6.45, 7) is 0.295. The highest BCUT2D eigenvalue weighted by Crippen LogP contribution is 2.22. The number of nitrogens with zero attached hydrogens (tertiary/aromatic N) is 2. The molecular weight excluding hydrogens is 378 g/mol. The first-order valence-corrected chi connectivity index (χ1v) is 10.5. The Balaban J connectivity index is 1.56. The highest BCUT2D eigenvalue weighted by molar-refractivity contribution is 7.88. The summed E-state index contributed by atoms with van der Waals surface area (Å²) < 4.78 is 26.9. The van der Waals surface area contributed by atoms with Crippen LogP contribution in [0.1, 0.15) is 11.3 Å². The van der Waals surface area contributed by atoms with Gasteiger partial charge >= 0.3 is 0 Å². The minimum atomic E-state index is -3.44. The van der Waals surface area contributed by atoms with Crippen LogP contribution in [0, 0.1) is 0 Å². The van der Waals surface area contributed by atoms with Gasteiger partial charge in [-0.3, -0.25) is 4.98 Å². The molecule has 0 saturated heterocycles. The molecule has 0 bridgehead atoms. The Morgan fingerprint density at radius 1 is 1.16 bits per heavy atom. The summed E-state index contributed by atoms with van der Waals surface area (Å²) in [6, 6.07) is 10.7. The topological polar surface area (TPSA) is 72.0 Å². The first kappa shape index (κ1) is 18.0. The molecule has 3 aromatic rings. The number of hydrogen-bond donors (Lipinski definition) is 1. The van der Waals surface area contributed by atoms with Gasteiger partial charge < -0.3 is 0 Å². The zero-order valence-corrected chi connectivity index (χ0v) is 15.6. The van der Waals surface area contributed by atoms with E-state index in [2.05, 4.69) is 14.7 Å². The molecule has 5 nitrogen and oxygen atoms in total. The van der Waals surface area contributed by atoms with Crippen molar-refractivity contribution in [1.82, 2.24) is 14.7 Å². The van der Waals surface area contributed by atoms with Crippen molar-refractivity contribution in [3.63, 3.8) is 0 Å². The summed E-state index contributed by atoms with van der Waals surface area (Å²) in [5.41, 5.74) is 2.39. The lowest BCUT2D eigenvalue weighted by Crippen LogP contribution is -2.27. The second-order valence-electron chi connectivity index (χ2n) is 5.38. The number of nitrogens with one attached hydrogen (secondary N) is 1. The minimum Gasteiger partial charge on any atom is -0.264 e. The van der Waals surface area contributed by atoms with Crippen LogP contribution in [0.25, 0.3) is 10.6 Å². The molecule has 2 heterocycles. The average molecular weight is 394 g/mol. The summed E-state index contributed by atoms with van der Waals surface area (Å²) in [7, 11) is -3.44. The Hall–Kier alpha value is -1.80. The molecule has 1 aromatic carbocycles. The van der Waals surface area contributed by atoms with E-state index in [4.69, 9.17) is 11.6 Å². The van der Waals surface area contributed by atoms with Crippen molar-refractivity contribution in [2.24, 2.45) is 0 Å². The van der Waals surface area contributed by atoms with Crippen molar-refractivity contribution >= 4 is 33.0 Å². The summed E-state index contributed by atoms with van der Waals surface area (Å²) in [6.07, 6.45) is 4.00. The van der Waals surface area contributed by atoms with Crippen LogP contribution in [0.3, 0.4) is 0 Å². The van der Waals surface area contributed by atoms with E-state index < -0.39 is 10.0 Å². The molecule has 0 radical (unpaired) electrons. The fourth-order valence-corrected chi connectivity index (χ4v) is 4.55. The van der Waals surface area contributed by atoms with Crippen molar-refractivity contribution in [3.8, 4) is 10.6 Å². The zero-order chi connectivity index (χ0) is 17.7. The van der Waals surface area contributed by atoms with E-state index in [1.165, 1.54) is 11.3 Å². The first-order chi connectivity index (χ1) is 12.0. The van der Waals surface area contributed by atoms with Crippen LogP contribution in [0.5, 0.6) is 0 Å². The molecule has 0 fully saturated rings. The average Bonchev–Trinajstić information content (AvgIpc) is 3.06. The SMILES string of the molecule is O=S(=O)(Cc1ccccc1Cl)NCCc1csc(-c2cccnc2)n1. The van der Waals surface area contributed by atoms with Crippen molar-refractivity contribution in [2.45, 2.75) is 12.2 Å². The number of aromatic nitrogens is 2. The van der Waals surface area contributed by atoms with Gasteiger partial charge in [-0.05, 0) is 23.8 Å². The molecule has 0 unspecified atom stereocenters. The van der Waals surface area contributed by atoms with Crippen molar-refractivity contribution in [1.29, 1.82) is 0 Å². The molecular formula is C17H16ClN3O2S2. The fourth-order valence-electron chi connectivity index (χ4n) is 2.25. The molecule has 3 rings (SSSR count). The molecule has 2 aromatic heterocycles. The maximum Gasteiger partial charge on any atom is 0.215 e. The molecule has 1 N–H and O–H groups in total. The molecule has 0 atom stereocenters. The van der Waals surface area contributed by atoms with Crippen LogP contribution in [0.2, 0.25) is 5.02 Å². The lowest BCUT2D eigenvalue weighted by Gasteiger charge is -2.07. The van der Waals surface area contributed by atoms with Crippen LogP contribution in [0.4, 0.5) is 0 Å². The van der Waals surface area contributed by atoms with Crippen LogP contribution < -0.4 is 4.72 Å². The quantitative estimate of drug-likeness (QED) is 0.666. The largest absolute Gasteiger partial charge is 0.264 e. The molecule has 8 heteroatoms. The third kappa shape index (κ3) is 5.09. The number of halogens is 1. The summed E-state index contributed by atoms with van der Waals surface area (Å²) in [5.74, 6) is -0.134. The number of thiazole rings is 1. The molecule has 0 amide bonds. The van der Waals surface area contributed by atoms with Gasteiger partial charge in [-0.25, -0.2) is 18.1 Å². The Morgan fingerprint density at radius 3 is 2.76 bits per heavy atom. The van der Waals surface area contributed by atoms with E-state index in [1.807, 2.05) is 17.5 Å². The Bertz CT molecular complexity index is 943. The van der Waals surface area contributed by atoms with Crippen molar-refractivity contribution in [3.05, 3.63) is 70.5 Å². The lowest BCUT2D eigenvalue weighted by molar-refractivity contribution is 0.580. The second kappa shape index (κ2) is 8.05. The van der Waals surface area contributed by atoms with Gasteiger partial charge in [0.2, 0.25) is 10.0 Å². The Kier molecular flexibility index (Phi) is 5.80. The van der Waals surface area contributed by atoms with Gasteiger partial charge in [0.05, 0.1) is 11.4 Å². The monoisotopic (exact) mass is 393 g/mol. The molecule has 0 aliphatic carbocycles. The third-order valence-electron chi connectivity index (χ3n) is 3.47. The Morgan fingerprint density at radius 2 is 2.00 bits per heavy atom. The van der Waals surface area contributed by atoms with Crippen molar-refractivity contribution < 1.29 is 8.42 Å². The molecule has 130 valence electrons. The van der Waals surface area contributed by atoms with E-state index in [0.717, 1.165) is 16.3 Å². The number of rotatable bonds is 7. The van der Waals surface area contributed by atoms with Gasteiger partial charge in [0.15, 0.2) is 0 Å². The van der Waals surface area contributed by atoms with E-state index in [9.17, 15) is 8.42 Å². The van der Waals surface area contributed by atoms with Crippen molar-refractivity contribution in [2.75, 3.05) is 6.54 Å². The number of pyridine rings is 1. The smallest absolute Gasteiger partial charge is 0.215 e. The predicted octanol–water partition coefficient (Wildman–Crippen LogP) is 3.52. The van der Waals surface area contributed by atoms with Gasteiger partial charge in [0.25, 0.3) is 0 Å². The minimum absolute atomic E-state index is 0.134. The molecule has 0 aliphatic heterocycles. The Labute approximate surface area is 155 Å². The standard InChI is InChI=1S/C17H16ClN3O2S2/c18-16-6-2-1-4-14(16)12-25(22,23)20-9-7-15-11-24-17(21-15)13-5-3-8-19-10-13/h1-6,8,10-11,20H,7,9,12H2. The fraction of sp³-hybridized carbons (Fsp3) is 0.176. The predicted molar refractivity (Wildman–Crippen MR) is 101 cm³/mol. The molecule has 25 heavy (non-hydrogen) atoms. The van der Waals surface area contributed by atoms with Gasteiger partial charge in [-0.1, -0.05) is 29.8 Å². The zero-order valence-electron chi connectivity index (χ0n) is 13.2. The highest BCUT2D eigenvalue weighted by Gasteiger charge is 2.13. The lowest BCUT2D eigenvalue weighted by atomic mass is 10.2. The van der Waals surface area contributed by atoms with Gasteiger partial charge in [0.1, 0.15) is 5.01 Å². The second-order valence-corrected chi connectivity index (χ2v) is 8.45. The van der Waals surface area contributed by atoms with Crippen LogP contribution in [-0.2, 0) is 22.2 Å². The molecule has 0 aliphatic rings. The summed E-state index contributed by atoms with van der Waals surface area (Å²) in [4.78, 5) is 8.60. The number of hydrogen-bond acceptors (Lipinski definition) is 5.